The van der Waals surface area contributed by atoms with Gasteiger partial charge in [-0.05, 0) is 12.3 Å². The molecular formula is C13H24N4O2. The SMILES string of the molecule is CNc1ncnc(NCCCOCC(C)C)c1OC. The van der Waals surface area contributed by atoms with Crippen LogP contribution in [0.15, 0.2) is 6.33 Å². The van der Waals surface area contributed by atoms with Crippen molar-refractivity contribution in [1.82, 2.24) is 9.97 Å². The van der Waals surface area contributed by atoms with E-state index in [1.807, 2.05) is 0 Å². The number of hydrogen-bond donors (Lipinski definition) is 2. The first-order valence-corrected chi connectivity index (χ1v) is 6.57. The quantitative estimate of drug-likeness (QED) is 0.668. The molecule has 0 unspecified atom stereocenters. The van der Waals surface area contributed by atoms with E-state index in [0.717, 1.165) is 26.2 Å². The van der Waals surface area contributed by atoms with Gasteiger partial charge >= 0.3 is 0 Å². The molecule has 0 amide bonds. The van der Waals surface area contributed by atoms with Crippen molar-refractivity contribution in [2.24, 2.45) is 5.92 Å². The second-order valence-electron chi connectivity index (χ2n) is 4.60. The van der Waals surface area contributed by atoms with Crippen LogP contribution in [0.1, 0.15) is 20.3 Å². The summed E-state index contributed by atoms with van der Waals surface area (Å²) in [6.45, 7) is 6.62. The molecule has 108 valence electrons. The lowest BCUT2D eigenvalue weighted by Crippen LogP contribution is -2.11. The highest BCUT2D eigenvalue weighted by atomic mass is 16.5. The summed E-state index contributed by atoms with van der Waals surface area (Å²) in [4.78, 5) is 8.27. The van der Waals surface area contributed by atoms with Crippen LogP contribution in [0.25, 0.3) is 0 Å². The van der Waals surface area contributed by atoms with Crippen LogP contribution in [0.3, 0.4) is 0 Å². The molecule has 0 saturated heterocycles. The van der Waals surface area contributed by atoms with Gasteiger partial charge in [0.2, 0.25) is 5.75 Å². The number of nitrogens with zero attached hydrogens (tertiary/aromatic N) is 2. The van der Waals surface area contributed by atoms with E-state index in [4.69, 9.17) is 9.47 Å². The molecule has 1 aromatic rings. The predicted octanol–water partition coefficient (Wildman–Crippen LogP) is 2.00. The van der Waals surface area contributed by atoms with Crippen molar-refractivity contribution in [3.05, 3.63) is 6.33 Å². The average molecular weight is 268 g/mol. The summed E-state index contributed by atoms with van der Waals surface area (Å²) in [6.07, 6.45) is 2.43. The second-order valence-corrected chi connectivity index (χ2v) is 4.60. The van der Waals surface area contributed by atoms with Gasteiger partial charge in [0.25, 0.3) is 0 Å². The lowest BCUT2D eigenvalue weighted by atomic mass is 10.2. The Morgan fingerprint density at radius 2 is 2.00 bits per heavy atom. The Kier molecular flexibility index (Phi) is 6.95. The van der Waals surface area contributed by atoms with Crippen molar-refractivity contribution in [3.63, 3.8) is 0 Å². The second kappa shape index (κ2) is 8.53. The highest BCUT2D eigenvalue weighted by molar-refractivity contribution is 5.63. The van der Waals surface area contributed by atoms with Crippen molar-refractivity contribution in [2.75, 3.05) is 44.5 Å². The third-order valence-corrected chi connectivity index (χ3v) is 2.45. The Morgan fingerprint density at radius 1 is 1.26 bits per heavy atom. The Bertz CT molecular complexity index is 372. The molecular weight excluding hydrogens is 244 g/mol. The molecule has 6 heteroatoms. The lowest BCUT2D eigenvalue weighted by Gasteiger charge is -2.12. The van der Waals surface area contributed by atoms with E-state index in [-0.39, 0.29) is 0 Å². The summed E-state index contributed by atoms with van der Waals surface area (Å²) in [5.74, 6) is 2.59. The van der Waals surface area contributed by atoms with Gasteiger partial charge in [0.15, 0.2) is 11.6 Å². The third kappa shape index (κ3) is 5.30. The van der Waals surface area contributed by atoms with E-state index in [0.29, 0.717) is 23.3 Å². The molecule has 1 rings (SSSR count). The van der Waals surface area contributed by atoms with Crippen LogP contribution >= 0.6 is 0 Å². The van der Waals surface area contributed by atoms with Crippen LogP contribution in [0.4, 0.5) is 11.6 Å². The summed E-state index contributed by atoms with van der Waals surface area (Å²) >= 11 is 0. The Morgan fingerprint density at radius 3 is 2.63 bits per heavy atom. The minimum atomic E-state index is 0.577. The first kappa shape index (κ1) is 15.5. The van der Waals surface area contributed by atoms with E-state index in [1.54, 1.807) is 14.2 Å². The van der Waals surface area contributed by atoms with Crippen LogP contribution in [0.2, 0.25) is 0 Å². The third-order valence-electron chi connectivity index (χ3n) is 2.45. The van der Waals surface area contributed by atoms with E-state index in [2.05, 4.69) is 34.4 Å². The zero-order valence-corrected chi connectivity index (χ0v) is 12.2. The molecule has 0 bridgehead atoms. The van der Waals surface area contributed by atoms with E-state index in [1.165, 1.54) is 6.33 Å². The molecule has 0 aliphatic carbocycles. The molecule has 0 aliphatic heterocycles. The predicted molar refractivity (Wildman–Crippen MR) is 76.9 cm³/mol. The van der Waals surface area contributed by atoms with Crippen LogP contribution in [-0.4, -0.2) is 43.9 Å². The molecule has 0 spiro atoms. The highest BCUT2D eigenvalue weighted by Gasteiger charge is 2.09. The molecule has 0 aliphatic rings. The van der Waals surface area contributed by atoms with E-state index in [9.17, 15) is 0 Å². The number of rotatable bonds is 9. The maximum Gasteiger partial charge on any atom is 0.204 e. The maximum atomic E-state index is 5.52. The molecule has 0 atom stereocenters. The molecule has 1 heterocycles. The van der Waals surface area contributed by atoms with Crippen LogP contribution in [0.5, 0.6) is 5.75 Å². The largest absolute Gasteiger partial charge is 0.490 e. The summed E-state index contributed by atoms with van der Waals surface area (Å²) in [7, 11) is 3.41. The highest BCUT2D eigenvalue weighted by Crippen LogP contribution is 2.28. The van der Waals surface area contributed by atoms with Gasteiger partial charge in [-0.2, -0.15) is 0 Å². The van der Waals surface area contributed by atoms with Crippen LogP contribution < -0.4 is 15.4 Å². The average Bonchev–Trinajstić information content (AvgIpc) is 2.41. The van der Waals surface area contributed by atoms with E-state index < -0.39 is 0 Å². The molecule has 0 fully saturated rings. The summed E-state index contributed by atoms with van der Waals surface area (Å²) in [5.41, 5.74) is 0. The Balaban J connectivity index is 2.37. The summed E-state index contributed by atoms with van der Waals surface area (Å²) < 4.78 is 10.8. The number of ether oxygens (including phenoxy) is 2. The lowest BCUT2D eigenvalue weighted by molar-refractivity contribution is 0.110. The minimum Gasteiger partial charge on any atom is -0.490 e. The first-order chi connectivity index (χ1) is 9.19. The number of hydrogen-bond acceptors (Lipinski definition) is 6. The molecule has 6 nitrogen and oxygen atoms in total. The molecule has 0 aromatic carbocycles. The standard InChI is InChI=1S/C13H24N4O2/c1-10(2)8-19-7-5-6-15-13-11(18-4)12(14-3)16-9-17-13/h9-10H,5-8H2,1-4H3,(H2,14,15,16,17). The van der Waals surface area contributed by atoms with Crippen molar-refractivity contribution < 1.29 is 9.47 Å². The fourth-order valence-electron chi connectivity index (χ4n) is 1.57. The van der Waals surface area contributed by atoms with Crippen LogP contribution in [-0.2, 0) is 4.74 Å². The fraction of sp³-hybridized carbons (Fsp3) is 0.692. The topological polar surface area (TPSA) is 68.3 Å². The number of anilines is 2. The Hall–Kier alpha value is -1.56. The van der Waals surface area contributed by atoms with E-state index >= 15 is 0 Å². The van der Waals surface area contributed by atoms with Gasteiger partial charge in [-0.15, -0.1) is 0 Å². The van der Waals surface area contributed by atoms with Crippen LogP contribution in [0, 0.1) is 5.92 Å². The van der Waals surface area contributed by atoms with Gasteiger partial charge in [0.05, 0.1) is 7.11 Å². The van der Waals surface area contributed by atoms with Gasteiger partial charge < -0.3 is 20.1 Å². The zero-order valence-electron chi connectivity index (χ0n) is 12.2. The van der Waals surface area contributed by atoms with Gasteiger partial charge in [-0.1, -0.05) is 13.8 Å². The molecule has 0 radical (unpaired) electrons. The summed E-state index contributed by atoms with van der Waals surface area (Å²) in [6, 6.07) is 0. The molecule has 0 saturated carbocycles. The first-order valence-electron chi connectivity index (χ1n) is 6.57. The maximum absolute atomic E-state index is 5.52. The van der Waals surface area contributed by atoms with Crippen molar-refractivity contribution in [3.8, 4) is 5.75 Å². The Labute approximate surface area is 114 Å². The number of nitrogens with one attached hydrogen (secondary N) is 2. The van der Waals surface area contributed by atoms with Crippen molar-refractivity contribution in [1.29, 1.82) is 0 Å². The normalized spacial score (nSPS) is 10.6. The molecule has 1 aromatic heterocycles. The van der Waals surface area contributed by atoms with Gasteiger partial charge in [0.1, 0.15) is 6.33 Å². The van der Waals surface area contributed by atoms with Gasteiger partial charge in [-0.25, -0.2) is 9.97 Å². The number of methoxy groups -OCH3 is 1. The smallest absolute Gasteiger partial charge is 0.204 e. The van der Waals surface area contributed by atoms with Gasteiger partial charge in [0, 0.05) is 26.8 Å². The summed E-state index contributed by atoms with van der Waals surface area (Å²) in [5, 5.41) is 6.20. The van der Waals surface area contributed by atoms with Gasteiger partial charge in [-0.3, -0.25) is 0 Å². The van der Waals surface area contributed by atoms with Crippen molar-refractivity contribution in [2.45, 2.75) is 20.3 Å². The monoisotopic (exact) mass is 268 g/mol. The van der Waals surface area contributed by atoms with Crippen molar-refractivity contribution >= 4 is 11.6 Å². The molecule has 2 N–H and O–H groups in total. The molecule has 19 heavy (non-hydrogen) atoms. The fourth-order valence-corrected chi connectivity index (χ4v) is 1.57. The zero-order chi connectivity index (χ0) is 14.1. The minimum absolute atomic E-state index is 0.577. The number of aromatic nitrogens is 2.